The molecule has 0 fully saturated rings. The SMILES string of the molecule is COC(=O)CCNc1nc(Cl)nc2nc[nH]c12. The second kappa shape index (κ2) is 4.96. The number of hydrogen-bond acceptors (Lipinski definition) is 6. The number of aromatic nitrogens is 4. The molecule has 0 bridgehead atoms. The summed E-state index contributed by atoms with van der Waals surface area (Å²) in [5.74, 6) is 0.222. The number of hydrogen-bond donors (Lipinski definition) is 2. The van der Waals surface area contributed by atoms with Gasteiger partial charge >= 0.3 is 5.97 Å². The van der Waals surface area contributed by atoms with Gasteiger partial charge in [-0.15, -0.1) is 0 Å². The number of nitrogens with one attached hydrogen (secondary N) is 2. The second-order valence-electron chi connectivity index (χ2n) is 3.20. The molecule has 0 unspecified atom stereocenters. The summed E-state index contributed by atoms with van der Waals surface area (Å²) in [6.07, 6.45) is 1.74. The van der Waals surface area contributed by atoms with E-state index in [2.05, 4.69) is 30.0 Å². The zero-order valence-corrected chi connectivity index (χ0v) is 9.78. The van der Waals surface area contributed by atoms with Gasteiger partial charge in [-0.2, -0.15) is 9.97 Å². The summed E-state index contributed by atoms with van der Waals surface area (Å²) in [6.45, 7) is 0.397. The van der Waals surface area contributed by atoms with Crippen LogP contribution in [0, 0.1) is 0 Å². The summed E-state index contributed by atoms with van der Waals surface area (Å²) in [6, 6.07) is 0. The van der Waals surface area contributed by atoms with E-state index in [1.807, 2.05) is 0 Å². The van der Waals surface area contributed by atoms with Gasteiger partial charge in [-0.3, -0.25) is 4.79 Å². The van der Waals surface area contributed by atoms with Gasteiger partial charge in [-0.1, -0.05) is 0 Å². The van der Waals surface area contributed by atoms with Gasteiger partial charge in [0.25, 0.3) is 0 Å². The number of aromatic amines is 1. The van der Waals surface area contributed by atoms with Crippen molar-refractivity contribution in [1.29, 1.82) is 0 Å². The van der Waals surface area contributed by atoms with Crippen molar-refractivity contribution in [2.24, 2.45) is 0 Å². The first-order chi connectivity index (χ1) is 8.20. The van der Waals surface area contributed by atoms with Crippen LogP contribution in [0.5, 0.6) is 0 Å². The van der Waals surface area contributed by atoms with Crippen LogP contribution in [0.15, 0.2) is 6.33 Å². The fourth-order valence-electron chi connectivity index (χ4n) is 1.32. The lowest BCUT2D eigenvalue weighted by atomic mass is 10.4. The number of imidazole rings is 1. The highest BCUT2D eigenvalue weighted by Crippen LogP contribution is 2.18. The van der Waals surface area contributed by atoms with Crippen molar-refractivity contribution in [2.45, 2.75) is 6.42 Å². The largest absolute Gasteiger partial charge is 0.469 e. The van der Waals surface area contributed by atoms with Crippen LogP contribution < -0.4 is 5.32 Å². The van der Waals surface area contributed by atoms with Gasteiger partial charge in [-0.05, 0) is 11.6 Å². The highest BCUT2D eigenvalue weighted by Gasteiger charge is 2.09. The molecule has 2 N–H and O–H groups in total. The molecule has 2 heterocycles. The lowest BCUT2D eigenvalue weighted by Crippen LogP contribution is -2.11. The molecule has 0 amide bonds. The summed E-state index contributed by atoms with van der Waals surface area (Å²) in [7, 11) is 1.34. The minimum Gasteiger partial charge on any atom is -0.469 e. The molecule has 0 radical (unpaired) electrons. The first-order valence-corrected chi connectivity index (χ1v) is 5.26. The first-order valence-electron chi connectivity index (χ1n) is 4.88. The zero-order valence-electron chi connectivity index (χ0n) is 9.03. The van der Waals surface area contributed by atoms with Crippen LogP contribution in [0.3, 0.4) is 0 Å². The van der Waals surface area contributed by atoms with E-state index in [0.717, 1.165) is 0 Å². The minimum atomic E-state index is -0.293. The van der Waals surface area contributed by atoms with Crippen molar-refractivity contribution in [3.05, 3.63) is 11.6 Å². The lowest BCUT2D eigenvalue weighted by molar-refractivity contribution is -0.140. The Kier molecular flexibility index (Phi) is 3.38. The van der Waals surface area contributed by atoms with E-state index < -0.39 is 0 Å². The van der Waals surface area contributed by atoms with E-state index in [0.29, 0.717) is 23.5 Å². The normalized spacial score (nSPS) is 10.5. The van der Waals surface area contributed by atoms with Gasteiger partial charge in [0.2, 0.25) is 5.28 Å². The molecular formula is C9H10ClN5O2. The maximum absolute atomic E-state index is 10.9. The molecule has 90 valence electrons. The molecule has 17 heavy (non-hydrogen) atoms. The van der Waals surface area contributed by atoms with Gasteiger partial charge < -0.3 is 15.0 Å². The predicted octanol–water partition coefficient (Wildman–Crippen LogP) is 0.981. The Hall–Kier alpha value is -1.89. The molecule has 0 saturated carbocycles. The molecule has 0 atom stereocenters. The molecule has 7 nitrogen and oxygen atoms in total. The Bertz CT molecular complexity index is 541. The summed E-state index contributed by atoms with van der Waals surface area (Å²) >= 11 is 5.74. The molecule has 8 heteroatoms. The second-order valence-corrected chi connectivity index (χ2v) is 3.53. The topological polar surface area (TPSA) is 92.8 Å². The summed E-state index contributed by atoms with van der Waals surface area (Å²) in [5.41, 5.74) is 1.13. The van der Waals surface area contributed by atoms with Gasteiger partial charge in [-0.25, -0.2) is 4.98 Å². The Labute approximate surface area is 102 Å². The van der Waals surface area contributed by atoms with Crippen LogP contribution >= 0.6 is 11.6 Å². The smallest absolute Gasteiger partial charge is 0.307 e. The van der Waals surface area contributed by atoms with Crippen LogP contribution in [0.2, 0.25) is 5.28 Å². The van der Waals surface area contributed by atoms with Crippen molar-refractivity contribution in [3.63, 3.8) is 0 Å². The average Bonchev–Trinajstić information content (AvgIpc) is 2.76. The Balaban J connectivity index is 2.12. The van der Waals surface area contributed by atoms with Crippen molar-refractivity contribution >= 4 is 34.6 Å². The zero-order chi connectivity index (χ0) is 12.3. The summed E-state index contributed by atoms with van der Waals surface area (Å²) in [4.78, 5) is 25.8. The fraction of sp³-hybridized carbons (Fsp3) is 0.333. The van der Waals surface area contributed by atoms with E-state index >= 15 is 0 Å². The number of anilines is 1. The number of halogens is 1. The molecule has 0 spiro atoms. The Morgan fingerprint density at radius 1 is 1.59 bits per heavy atom. The maximum atomic E-state index is 10.9. The Morgan fingerprint density at radius 3 is 3.18 bits per heavy atom. The molecule has 2 aromatic rings. The molecule has 0 aliphatic rings. The van der Waals surface area contributed by atoms with Gasteiger partial charge in [0.15, 0.2) is 11.5 Å². The number of nitrogens with zero attached hydrogens (tertiary/aromatic N) is 3. The van der Waals surface area contributed by atoms with E-state index in [-0.39, 0.29) is 17.7 Å². The van der Waals surface area contributed by atoms with Gasteiger partial charge in [0.05, 0.1) is 19.9 Å². The number of esters is 1. The molecule has 0 aliphatic carbocycles. The van der Waals surface area contributed by atoms with E-state index in [4.69, 9.17) is 11.6 Å². The number of rotatable bonds is 4. The third kappa shape index (κ3) is 2.62. The van der Waals surface area contributed by atoms with Crippen molar-refractivity contribution in [3.8, 4) is 0 Å². The molecule has 0 saturated heterocycles. The number of methoxy groups -OCH3 is 1. The van der Waals surface area contributed by atoms with Crippen LogP contribution in [-0.2, 0) is 9.53 Å². The number of carbonyl (C=O) groups is 1. The average molecular weight is 256 g/mol. The Morgan fingerprint density at radius 2 is 2.41 bits per heavy atom. The van der Waals surface area contributed by atoms with E-state index in [1.165, 1.54) is 13.4 Å². The van der Waals surface area contributed by atoms with E-state index in [1.54, 1.807) is 0 Å². The lowest BCUT2D eigenvalue weighted by Gasteiger charge is -2.05. The monoisotopic (exact) mass is 255 g/mol. The van der Waals surface area contributed by atoms with Crippen LogP contribution in [-0.4, -0.2) is 39.6 Å². The van der Waals surface area contributed by atoms with Crippen LogP contribution in [0.1, 0.15) is 6.42 Å². The molecule has 0 aliphatic heterocycles. The first kappa shape index (κ1) is 11.6. The summed E-state index contributed by atoms with van der Waals surface area (Å²) in [5, 5.41) is 3.07. The number of carbonyl (C=O) groups excluding carboxylic acids is 1. The van der Waals surface area contributed by atoms with E-state index in [9.17, 15) is 4.79 Å². The minimum absolute atomic E-state index is 0.102. The van der Waals surface area contributed by atoms with Gasteiger partial charge in [0, 0.05) is 6.54 Å². The molecule has 2 rings (SSSR count). The van der Waals surface area contributed by atoms with Crippen molar-refractivity contribution in [1.82, 2.24) is 19.9 Å². The molecular weight excluding hydrogens is 246 g/mol. The number of H-pyrrole nitrogens is 1. The van der Waals surface area contributed by atoms with Crippen molar-refractivity contribution in [2.75, 3.05) is 19.0 Å². The predicted molar refractivity (Wildman–Crippen MR) is 61.8 cm³/mol. The third-order valence-corrected chi connectivity index (χ3v) is 2.28. The molecule has 0 aromatic carbocycles. The third-order valence-electron chi connectivity index (χ3n) is 2.11. The molecule has 2 aromatic heterocycles. The maximum Gasteiger partial charge on any atom is 0.307 e. The standard InChI is InChI=1S/C9H10ClN5O2/c1-17-5(16)2-3-11-7-6-8(13-4-12-6)15-9(10)14-7/h4H,2-3H2,1H3,(H2,11,12,13,14,15). The highest BCUT2D eigenvalue weighted by molar-refractivity contribution is 6.28. The highest BCUT2D eigenvalue weighted by atomic mass is 35.5. The van der Waals surface area contributed by atoms with Crippen LogP contribution in [0.25, 0.3) is 11.2 Å². The van der Waals surface area contributed by atoms with Gasteiger partial charge in [0.1, 0.15) is 5.52 Å². The fourth-order valence-corrected chi connectivity index (χ4v) is 1.48. The van der Waals surface area contributed by atoms with Crippen molar-refractivity contribution < 1.29 is 9.53 Å². The van der Waals surface area contributed by atoms with Crippen LogP contribution in [0.4, 0.5) is 5.82 Å². The number of ether oxygens (including phenoxy) is 1. The number of fused-ring (bicyclic) bond motifs is 1. The summed E-state index contributed by atoms with van der Waals surface area (Å²) < 4.78 is 4.53. The quantitative estimate of drug-likeness (QED) is 0.625.